The Morgan fingerprint density at radius 1 is 1.07 bits per heavy atom. The summed E-state index contributed by atoms with van der Waals surface area (Å²) in [6.07, 6.45) is 2.91. The van der Waals surface area contributed by atoms with Crippen LogP contribution in [0.5, 0.6) is 0 Å². The Kier molecular flexibility index (Phi) is 5.93. The van der Waals surface area contributed by atoms with Gasteiger partial charge in [0.05, 0.1) is 11.3 Å². The third kappa shape index (κ3) is 5.22. The van der Waals surface area contributed by atoms with Crippen molar-refractivity contribution < 1.29 is 14.5 Å². The van der Waals surface area contributed by atoms with E-state index in [4.69, 9.17) is 0 Å². The molecule has 2 amide bonds. The molecular weight excluding hydrogens is 376 g/mol. The number of carbonyl (C=O) groups is 2. The molecule has 0 radical (unpaired) electrons. The summed E-state index contributed by atoms with van der Waals surface area (Å²) in [5.41, 5.74) is 1.79. The van der Waals surface area contributed by atoms with Crippen molar-refractivity contribution in [2.24, 2.45) is 0 Å². The zero-order valence-corrected chi connectivity index (χ0v) is 15.5. The molecule has 0 fully saturated rings. The highest BCUT2D eigenvalue weighted by Crippen LogP contribution is 2.17. The minimum absolute atomic E-state index is 0.0232. The molecule has 0 aliphatic carbocycles. The fourth-order valence-corrected chi connectivity index (χ4v) is 2.55. The summed E-state index contributed by atoms with van der Waals surface area (Å²) in [5.74, 6) is -0.499. The first-order chi connectivity index (χ1) is 13.9. The molecule has 0 saturated carbocycles. The lowest BCUT2D eigenvalue weighted by molar-refractivity contribution is -0.384. The zero-order valence-electron chi connectivity index (χ0n) is 15.5. The fourth-order valence-electron chi connectivity index (χ4n) is 2.55. The van der Waals surface area contributed by atoms with Gasteiger partial charge in [-0.25, -0.2) is 9.67 Å². The maximum atomic E-state index is 12.2. The van der Waals surface area contributed by atoms with Crippen LogP contribution in [0.25, 0.3) is 0 Å². The van der Waals surface area contributed by atoms with Gasteiger partial charge >= 0.3 is 0 Å². The molecule has 148 valence electrons. The van der Waals surface area contributed by atoms with Crippen molar-refractivity contribution in [3.63, 3.8) is 0 Å². The molecule has 29 heavy (non-hydrogen) atoms. The fraction of sp³-hybridized carbons (Fsp3) is 0.158. The Bertz CT molecular complexity index is 1000. The quantitative estimate of drug-likeness (QED) is 0.467. The number of hydrogen-bond donors (Lipinski definition) is 2. The number of anilines is 2. The van der Waals surface area contributed by atoms with Crippen molar-refractivity contribution in [3.8, 4) is 0 Å². The van der Waals surface area contributed by atoms with Gasteiger partial charge in [0.25, 0.3) is 5.69 Å². The van der Waals surface area contributed by atoms with Gasteiger partial charge in [-0.1, -0.05) is 12.1 Å². The lowest BCUT2D eigenvalue weighted by Gasteiger charge is -2.12. The monoisotopic (exact) mass is 394 g/mol. The van der Waals surface area contributed by atoms with E-state index >= 15 is 0 Å². The van der Waals surface area contributed by atoms with E-state index in [9.17, 15) is 19.7 Å². The number of hydrogen-bond acceptors (Lipinski definition) is 6. The van der Waals surface area contributed by atoms with Crippen LogP contribution >= 0.6 is 0 Å². The van der Waals surface area contributed by atoms with Gasteiger partial charge in [0.2, 0.25) is 11.8 Å². The molecule has 1 heterocycles. The highest BCUT2D eigenvalue weighted by atomic mass is 16.6. The predicted molar refractivity (Wildman–Crippen MR) is 105 cm³/mol. The van der Waals surface area contributed by atoms with Crippen LogP contribution in [-0.4, -0.2) is 31.5 Å². The number of nitro groups is 1. The number of amides is 2. The van der Waals surface area contributed by atoms with Gasteiger partial charge in [-0.2, -0.15) is 5.10 Å². The molecule has 0 spiro atoms. The van der Waals surface area contributed by atoms with E-state index in [1.165, 1.54) is 29.5 Å². The second-order valence-corrected chi connectivity index (χ2v) is 6.27. The maximum absolute atomic E-state index is 12.2. The molecule has 1 atom stereocenters. The van der Waals surface area contributed by atoms with E-state index in [-0.39, 0.29) is 23.9 Å². The molecule has 1 aromatic heterocycles. The molecule has 0 aliphatic heterocycles. The number of benzene rings is 2. The van der Waals surface area contributed by atoms with E-state index in [2.05, 4.69) is 20.7 Å². The van der Waals surface area contributed by atoms with Crippen molar-refractivity contribution in [3.05, 3.63) is 76.9 Å². The third-order valence-electron chi connectivity index (χ3n) is 4.16. The van der Waals surface area contributed by atoms with E-state index in [1.807, 2.05) is 0 Å². The van der Waals surface area contributed by atoms with Gasteiger partial charge in [-0.05, 0) is 36.8 Å². The molecule has 2 aromatic carbocycles. The number of non-ortho nitro benzene ring substituents is 1. The second-order valence-electron chi connectivity index (χ2n) is 6.27. The zero-order chi connectivity index (χ0) is 20.8. The number of nitrogens with one attached hydrogen (secondary N) is 2. The smallest absolute Gasteiger partial charge is 0.269 e. The number of nitrogens with zero attached hydrogens (tertiary/aromatic N) is 4. The lowest BCUT2D eigenvalue weighted by Crippen LogP contribution is -2.24. The number of carbonyl (C=O) groups excluding carboxylic acids is 2. The summed E-state index contributed by atoms with van der Waals surface area (Å²) >= 11 is 0. The van der Waals surface area contributed by atoms with Gasteiger partial charge in [-0.3, -0.25) is 19.7 Å². The lowest BCUT2D eigenvalue weighted by atomic mass is 10.1. The van der Waals surface area contributed by atoms with Crippen molar-refractivity contribution >= 4 is 28.9 Å². The topological polar surface area (TPSA) is 132 Å². The van der Waals surface area contributed by atoms with E-state index in [0.29, 0.717) is 16.9 Å². The van der Waals surface area contributed by atoms with Gasteiger partial charge in [0, 0.05) is 23.5 Å². The first-order valence-electron chi connectivity index (χ1n) is 8.70. The maximum Gasteiger partial charge on any atom is 0.269 e. The van der Waals surface area contributed by atoms with E-state index < -0.39 is 11.0 Å². The molecule has 3 rings (SSSR count). The van der Waals surface area contributed by atoms with Gasteiger partial charge < -0.3 is 10.6 Å². The van der Waals surface area contributed by atoms with Gasteiger partial charge in [0.1, 0.15) is 18.7 Å². The van der Waals surface area contributed by atoms with Crippen molar-refractivity contribution in [1.82, 2.24) is 14.8 Å². The Morgan fingerprint density at radius 3 is 2.24 bits per heavy atom. The minimum Gasteiger partial charge on any atom is -0.326 e. The number of aromatic nitrogens is 3. The Labute approximate surface area is 165 Å². The van der Waals surface area contributed by atoms with Crippen LogP contribution in [0.4, 0.5) is 17.1 Å². The predicted octanol–water partition coefficient (Wildman–Crippen LogP) is 2.57. The van der Waals surface area contributed by atoms with Crippen LogP contribution in [0.3, 0.4) is 0 Å². The first-order valence-corrected chi connectivity index (χ1v) is 8.70. The van der Waals surface area contributed by atoms with Crippen LogP contribution in [0.1, 0.15) is 18.5 Å². The summed E-state index contributed by atoms with van der Waals surface area (Å²) in [6, 6.07) is 12.0. The SMILES string of the molecule is CC(C(=O)Nc1ccc(NC(=O)Cc2ccc([N+](=O)[O-])cc2)cc1)n1cncn1. The highest BCUT2D eigenvalue weighted by Gasteiger charge is 2.15. The minimum atomic E-state index is -0.515. The average Bonchev–Trinajstić information content (AvgIpc) is 3.24. The number of rotatable bonds is 7. The molecule has 0 aliphatic rings. The third-order valence-corrected chi connectivity index (χ3v) is 4.16. The van der Waals surface area contributed by atoms with Crippen LogP contribution < -0.4 is 10.6 Å². The van der Waals surface area contributed by atoms with Crippen molar-refractivity contribution in [1.29, 1.82) is 0 Å². The average molecular weight is 394 g/mol. The first kappa shape index (κ1) is 19.7. The molecule has 2 N–H and O–H groups in total. The van der Waals surface area contributed by atoms with Crippen LogP contribution in [0.15, 0.2) is 61.2 Å². The summed E-state index contributed by atoms with van der Waals surface area (Å²) < 4.78 is 1.45. The molecule has 10 heteroatoms. The molecule has 1 unspecified atom stereocenters. The molecular formula is C19H18N6O4. The van der Waals surface area contributed by atoms with Crippen molar-refractivity contribution in [2.45, 2.75) is 19.4 Å². The normalized spacial score (nSPS) is 11.5. The molecule has 0 bridgehead atoms. The summed E-state index contributed by atoms with van der Waals surface area (Å²) in [5, 5.41) is 20.1. The number of nitro benzene ring substituents is 1. The Morgan fingerprint density at radius 2 is 1.69 bits per heavy atom. The van der Waals surface area contributed by atoms with Gasteiger partial charge in [0.15, 0.2) is 0 Å². The molecule has 3 aromatic rings. The Balaban J connectivity index is 1.53. The van der Waals surface area contributed by atoms with Crippen LogP contribution in [0, 0.1) is 10.1 Å². The highest BCUT2D eigenvalue weighted by molar-refractivity contribution is 5.95. The summed E-state index contributed by atoms with van der Waals surface area (Å²) in [6.45, 7) is 1.71. The van der Waals surface area contributed by atoms with Gasteiger partial charge in [-0.15, -0.1) is 0 Å². The summed E-state index contributed by atoms with van der Waals surface area (Å²) in [4.78, 5) is 38.4. The largest absolute Gasteiger partial charge is 0.326 e. The van der Waals surface area contributed by atoms with Crippen LogP contribution in [-0.2, 0) is 16.0 Å². The standard InChI is InChI=1S/C19H18N6O4/c1-13(24-12-20-11-21-24)19(27)23-16-6-4-15(5-7-16)22-18(26)10-14-2-8-17(9-3-14)25(28)29/h2-9,11-13H,10H2,1H3,(H,22,26)(H,23,27). The second kappa shape index (κ2) is 8.74. The summed E-state index contributed by atoms with van der Waals surface area (Å²) in [7, 11) is 0. The van der Waals surface area contributed by atoms with E-state index in [1.54, 1.807) is 43.3 Å². The van der Waals surface area contributed by atoms with E-state index in [0.717, 1.165) is 0 Å². The van der Waals surface area contributed by atoms with Crippen LogP contribution in [0.2, 0.25) is 0 Å². The Hall–Kier alpha value is -4.08. The molecule has 0 saturated heterocycles. The van der Waals surface area contributed by atoms with Crippen molar-refractivity contribution in [2.75, 3.05) is 10.6 Å². The molecule has 10 nitrogen and oxygen atoms in total.